The molecule has 3 aromatic carbocycles. The van der Waals surface area contributed by atoms with E-state index in [1.165, 1.54) is 0 Å². The number of aromatic hydroxyl groups is 1. The maximum Gasteiger partial charge on any atom is 0.412 e. The van der Waals surface area contributed by atoms with E-state index in [1.54, 1.807) is 18.2 Å². The van der Waals surface area contributed by atoms with Crippen LogP contribution in [-0.4, -0.2) is 29.5 Å². The number of fused-ring (bicyclic) bond motifs is 1. The quantitative estimate of drug-likeness (QED) is 0.165. The summed E-state index contributed by atoms with van der Waals surface area (Å²) < 4.78 is 12.0. The van der Waals surface area contributed by atoms with Gasteiger partial charge in [0.2, 0.25) is 0 Å². The molecule has 3 rings (SSSR count). The lowest BCUT2D eigenvalue weighted by atomic mass is 9.79. The zero-order valence-corrected chi connectivity index (χ0v) is 21.4. The Hall–Kier alpha value is -2.46. The second-order valence-corrected chi connectivity index (χ2v) is 9.82. The Balaban J connectivity index is 1.86. The fourth-order valence-electron chi connectivity index (χ4n) is 3.56. The van der Waals surface area contributed by atoms with Crippen molar-refractivity contribution in [2.24, 2.45) is 5.41 Å². The molecule has 0 bridgehead atoms. The van der Waals surface area contributed by atoms with Crippen LogP contribution in [0.5, 0.6) is 5.75 Å². The predicted molar refractivity (Wildman–Crippen MR) is 141 cm³/mol. The van der Waals surface area contributed by atoms with Gasteiger partial charge in [-0.25, -0.2) is 4.79 Å². The van der Waals surface area contributed by atoms with Gasteiger partial charge in [-0.15, -0.1) is 0 Å². The summed E-state index contributed by atoms with van der Waals surface area (Å²) >= 11 is 6.06. The third kappa shape index (κ3) is 6.54. The first-order chi connectivity index (χ1) is 15.7. The van der Waals surface area contributed by atoms with Gasteiger partial charge >= 0.3 is 12.1 Å². The molecular formula is C25H26INO5S. The topological polar surface area (TPSA) is 84.9 Å². The van der Waals surface area contributed by atoms with Crippen LogP contribution in [-0.2, 0) is 14.3 Å². The standard InChI is InChI=1S/C25H26INO5S/c1-25(2,12-13-31-22(29)15-33)23(19-14-17(26)10-11-21(19)28)32-24(30)27-20-9-5-7-16-6-3-4-8-18(16)20/h3-11,14,23,28,33H,12-13,15H2,1-2H3,(H,27,30)/t23-/m1/s1. The van der Waals surface area contributed by atoms with Gasteiger partial charge in [0.05, 0.1) is 18.0 Å². The van der Waals surface area contributed by atoms with Crippen LogP contribution in [0.3, 0.4) is 0 Å². The molecule has 0 aromatic heterocycles. The summed E-state index contributed by atoms with van der Waals surface area (Å²) in [7, 11) is 0. The number of carbonyl (C=O) groups is 2. The Morgan fingerprint density at radius 2 is 1.85 bits per heavy atom. The Morgan fingerprint density at radius 1 is 1.12 bits per heavy atom. The molecule has 0 aliphatic carbocycles. The number of carbonyl (C=O) groups excluding carboxylic acids is 2. The molecule has 0 spiro atoms. The molecule has 0 unspecified atom stereocenters. The number of benzene rings is 3. The molecule has 33 heavy (non-hydrogen) atoms. The maximum atomic E-state index is 13.0. The first kappa shape index (κ1) is 25.2. The van der Waals surface area contributed by atoms with Gasteiger partial charge in [-0.1, -0.05) is 50.2 Å². The lowest BCUT2D eigenvalue weighted by Crippen LogP contribution is -2.30. The van der Waals surface area contributed by atoms with Crippen molar-refractivity contribution in [1.82, 2.24) is 0 Å². The molecule has 1 amide bonds. The summed E-state index contributed by atoms with van der Waals surface area (Å²) in [6, 6.07) is 18.5. The average Bonchev–Trinajstić information content (AvgIpc) is 2.79. The number of phenolic OH excluding ortho intramolecular Hbond substituents is 1. The summed E-state index contributed by atoms with van der Waals surface area (Å²) in [4.78, 5) is 24.5. The molecule has 174 valence electrons. The van der Waals surface area contributed by atoms with E-state index in [-0.39, 0.29) is 18.1 Å². The Bertz CT molecular complexity index is 1150. The molecule has 0 aliphatic rings. The average molecular weight is 579 g/mol. The first-order valence-corrected chi connectivity index (χ1v) is 12.1. The van der Waals surface area contributed by atoms with Gasteiger partial charge in [0.1, 0.15) is 11.9 Å². The lowest BCUT2D eigenvalue weighted by molar-refractivity contribution is -0.141. The van der Waals surface area contributed by atoms with E-state index in [0.717, 1.165) is 14.3 Å². The summed E-state index contributed by atoms with van der Waals surface area (Å²) in [5.74, 6) is -0.401. The number of thiol groups is 1. The highest BCUT2D eigenvalue weighted by molar-refractivity contribution is 14.1. The largest absolute Gasteiger partial charge is 0.508 e. The van der Waals surface area contributed by atoms with Crippen LogP contribution in [0.4, 0.5) is 10.5 Å². The second-order valence-electron chi connectivity index (χ2n) is 8.26. The molecule has 0 saturated carbocycles. The van der Waals surface area contributed by atoms with E-state index >= 15 is 0 Å². The minimum absolute atomic E-state index is 0.00847. The van der Waals surface area contributed by atoms with Crippen molar-refractivity contribution in [2.75, 3.05) is 17.7 Å². The highest BCUT2D eigenvalue weighted by Gasteiger charge is 2.36. The molecule has 2 N–H and O–H groups in total. The minimum atomic E-state index is -0.795. The van der Waals surface area contributed by atoms with E-state index in [0.29, 0.717) is 17.7 Å². The zero-order valence-electron chi connectivity index (χ0n) is 18.4. The molecule has 3 aromatic rings. The number of halogens is 1. The smallest absolute Gasteiger partial charge is 0.412 e. The maximum absolute atomic E-state index is 13.0. The second kappa shape index (κ2) is 11.1. The number of nitrogens with one attached hydrogen (secondary N) is 1. The molecule has 0 radical (unpaired) electrons. The zero-order chi connectivity index (χ0) is 24.0. The van der Waals surface area contributed by atoms with Crippen molar-refractivity contribution in [2.45, 2.75) is 26.4 Å². The van der Waals surface area contributed by atoms with Gasteiger partial charge in [-0.3, -0.25) is 10.1 Å². The fraction of sp³-hybridized carbons (Fsp3) is 0.280. The SMILES string of the molecule is CC(C)(CCOC(=O)CS)[C@H](OC(=O)Nc1cccc2ccccc12)c1cc(I)ccc1O. The number of ether oxygens (including phenoxy) is 2. The van der Waals surface area contributed by atoms with Crippen molar-refractivity contribution >= 4 is 63.7 Å². The Labute approximate surface area is 212 Å². The van der Waals surface area contributed by atoms with Crippen LogP contribution in [0.25, 0.3) is 10.8 Å². The van der Waals surface area contributed by atoms with E-state index < -0.39 is 23.6 Å². The normalized spacial score (nSPS) is 12.2. The third-order valence-corrected chi connectivity index (χ3v) is 6.30. The van der Waals surface area contributed by atoms with Crippen LogP contribution in [0.2, 0.25) is 0 Å². The van der Waals surface area contributed by atoms with E-state index in [1.807, 2.05) is 56.3 Å². The molecule has 1 atom stereocenters. The summed E-state index contributed by atoms with van der Waals surface area (Å²) in [6.07, 6.45) is -1.03. The molecular weight excluding hydrogens is 553 g/mol. The number of hydrogen-bond donors (Lipinski definition) is 3. The van der Waals surface area contributed by atoms with Crippen LogP contribution >= 0.6 is 35.2 Å². The number of rotatable bonds is 8. The number of phenols is 1. The number of anilines is 1. The van der Waals surface area contributed by atoms with Gasteiger partial charge < -0.3 is 14.6 Å². The van der Waals surface area contributed by atoms with E-state index in [2.05, 4.69) is 40.5 Å². The van der Waals surface area contributed by atoms with Crippen LogP contribution in [0.15, 0.2) is 60.7 Å². The molecule has 0 fully saturated rings. The van der Waals surface area contributed by atoms with Crippen LogP contribution in [0.1, 0.15) is 31.9 Å². The van der Waals surface area contributed by atoms with Crippen molar-refractivity contribution in [3.05, 3.63) is 69.8 Å². The minimum Gasteiger partial charge on any atom is -0.508 e. The Morgan fingerprint density at radius 3 is 2.61 bits per heavy atom. The lowest BCUT2D eigenvalue weighted by Gasteiger charge is -2.34. The van der Waals surface area contributed by atoms with Gasteiger partial charge in [-0.2, -0.15) is 12.6 Å². The van der Waals surface area contributed by atoms with Crippen molar-refractivity contribution in [3.63, 3.8) is 0 Å². The molecule has 0 saturated heterocycles. The molecule has 0 heterocycles. The van der Waals surface area contributed by atoms with Gasteiger partial charge in [0.25, 0.3) is 0 Å². The van der Waals surface area contributed by atoms with Gasteiger partial charge in [-0.05, 0) is 58.7 Å². The van der Waals surface area contributed by atoms with Gasteiger partial charge in [0.15, 0.2) is 0 Å². The van der Waals surface area contributed by atoms with Crippen LogP contribution in [0, 0.1) is 8.99 Å². The third-order valence-electron chi connectivity index (χ3n) is 5.37. The predicted octanol–water partition coefficient (Wildman–Crippen LogP) is 6.33. The van der Waals surface area contributed by atoms with Crippen molar-refractivity contribution < 1.29 is 24.2 Å². The summed E-state index contributed by atoms with van der Waals surface area (Å²) in [6.45, 7) is 3.94. The van der Waals surface area contributed by atoms with Crippen LogP contribution < -0.4 is 5.32 Å². The highest BCUT2D eigenvalue weighted by atomic mass is 127. The molecule has 0 aliphatic heterocycles. The first-order valence-electron chi connectivity index (χ1n) is 10.4. The number of esters is 1. The van der Waals surface area contributed by atoms with Gasteiger partial charge in [0, 0.05) is 19.9 Å². The summed E-state index contributed by atoms with van der Waals surface area (Å²) in [5, 5.41) is 15.3. The number of hydrogen-bond acceptors (Lipinski definition) is 6. The fourth-order valence-corrected chi connectivity index (χ4v) is 4.17. The Kier molecular flexibility index (Phi) is 8.47. The molecule has 8 heteroatoms. The van der Waals surface area contributed by atoms with E-state index in [4.69, 9.17) is 9.47 Å². The molecule has 6 nitrogen and oxygen atoms in total. The highest BCUT2D eigenvalue weighted by Crippen LogP contribution is 2.43. The monoisotopic (exact) mass is 579 g/mol. The summed E-state index contributed by atoms with van der Waals surface area (Å²) in [5.41, 5.74) is 0.458. The van der Waals surface area contributed by atoms with Crippen molar-refractivity contribution in [3.8, 4) is 5.75 Å². The van der Waals surface area contributed by atoms with E-state index in [9.17, 15) is 14.7 Å². The van der Waals surface area contributed by atoms with Crippen molar-refractivity contribution in [1.29, 1.82) is 0 Å². The number of amides is 1.